The summed E-state index contributed by atoms with van der Waals surface area (Å²) < 4.78 is 2.31. The highest BCUT2D eigenvalue weighted by atomic mass is 15.0. The zero-order chi connectivity index (χ0) is 18.8. The van der Waals surface area contributed by atoms with Crippen LogP contribution in [0.15, 0.2) is 61.3 Å². The van der Waals surface area contributed by atoms with Gasteiger partial charge in [-0.25, -0.2) is 0 Å². The van der Waals surface area contributed by atoms with Gasteiger partial charge in [0.05, 0.1) is 5.69 Å². The molecule has 2 aromatic heterocycles. The van der Waals surface area contributed by atoms with Crippen LogP contribution in [0.25, 0.3) is 35.1 Å². The first-order valence-corrected chi connectivity index (χ1v) is 9.42. The largest absolute Gasteiger partial charge is 0.347 e. The number of pyridine rings is 1. The Morgan fingerprint density at radius 1 is 1.07 bits per heavy atom. The van der Waals surface area contributed by atoms with Crippen molar-refractivity contribution in [1.29, 1.82) is 0 Å². The Morgan fingerprint density at radius 2 is 1.89 bits per heavy atom. The van der Waals surface area contributed by atoms with E-state index >= 15 is 0 Å². The van der Waals surface area contributed by atoms with Crippen molar-refractivity contribution < 1.29 is 0 Å². The summed E-state index contributed by atoms with van der Waals surface area (Å²) in [6, 6.07) is 14.7. The van der Waals surface area contributed by atoms with Crippen molar-refractivity contribution in [3.8, 4) is 11.3 Å². The number of allylic oxidation sites excluding steroid dienone is 2. The van der Waals surface area contributed by atoms with Gasteiger partial charge in [-0.2, -0.15) is 0 Å². The first kappa shape index (κ1) is 17.3. The first-order chi connectivity index (χ1) is 13.2. The van der Waals surface area contributed by atoms with Crippen molar-refractivity contribution in [2.24, 2.45) is 7.05 Å². The summed E-state index contributed by atoms with van der Waals surface area (Å²) in [6.45, 7) is 6.12. The van der Waals surface area contributed by atoms with E-state index in [0.29, 0.717) is 0 Å². The van der Waals surface area contributed by atoms with Crippen LogP contribution < -0.4 is 0 Å². The van der Waals surface area contributed by atoms with Gasteiger partial charge >= 0.3 is 0 Å². The number of nitrogens with zero attached hydrogens (tertiary/aromatic N) is 2. The topological polar surface area (TPSA) is 17.8 Å². The highest BCUT2D eigenvalue weighted by Crippen LogP contribution is 2.36. The highest BCUT2D eigenvalue weighted by Gasteiger charge is 2.21. The maximum absolute atomic E-state index is 4.57. The molecule has 27 heavy (non-hydrogen) atoms. The normalized spacial score (nSPS) is 13.5. The van der Waals surface area contributed by atoms with Crippen LogP contribution >= 0.6 is 0 Å². The number of fused-ring (bicyclic) bond motifs is 1. The van der Waals surface area contributed by atoms with E-state index in [1.165, 1.54) is 33.7 Å². The Labute approximate surface area is 161 Å². The molecule has 0 N–H and O–H groups in total. The maximum Gasteiger partial charge on any atom is 0.0708 e. The van der Waals surface area contributed by atoms with E-state index < -0.39 is 0 Å². The first-order valence-electron chi connectivity index (χ1n) is 9.42. The van der Waals surface area contributed by atoms with E-state index in [9.17, 15) is 0 Å². The third kappa shape index (κ3) is 3.08. The molecule has 0 saturated carbocycles. The minimum absolute atomic E-state index is 1.02. The maximum atomic E-state index is 4.57. The van der Waals surface area contributed by atoms with Crippen LogP contribution in [-0.2, 0) is 13.5 Å². The summed E-state index contributed by atoms with van der Waals surface area (Å²) in [7, 11) is 2.15. The zero-order valence-electron chi connectivity index (χ0n) is 15.9. The van der Waals surface area contributed by atoms with Crippen LogP contribution in [0, 0.1) is 0 Å². The number of hydrogen-bond acceptors (Lipinski definition) is 1. The van der Waals surface area contributed by atoms with Gasteiger partial charge < -0.3 is 4.57 Å². The van der Waals surface area contributed by atoms with Crippen LogP contribution in [0.2, 0.25) is 0 Å². The van der Waals surface area contributed by atoms with Crippen molar-refractivity contribution in [2.75, 3.05) is 0 Å². The Morgan fingerprint density at radius 3 is 2.63 bits per heavy atom. The fourth-order valence-electron chi connectivity index (χ4n) is 3.96. The number of benzene rings is 1. The molecule has 0 bridgehead atoms. The summed E-state index contributed by atoms with van der Waals surface area (Å²) in [4.78, 5) is 4.57. The molecule has 1 aromatic carbocycles. The lowest BCUT2D eigenvalue weighted by atomic mass is 9.90. The van der Waals surface area contributed by atoms with Gasteiger partial charge in [0, 0.05) is 41.3 Å². The lowest BCUT2D eigenvalue weighted by molar-refractivity contribution is 0.802. The van der Waals surface area contributed by atoms with Crippen molar-refractivity contribution in [2.45, 2.75) is 19.8 Å². The second kappa shape index (κ2) is 7.24. The molecular weight excluding hydrogens is 328 g/mol. The second-order valence-electron chi connectivity index (χ2n) is 6.89. The highest BCUT2D eigenvalue weighted by molar-refractivity contribution is 5.89. The van der Waals surface area contributed by atoms with E-state index in [1.807, 2.05) is 18.3 Å². The number of rotatable bonds is 4. The molecule has 3 aromatic rings. The summed E-state index contributed by atoms with van der Waals surface area (Å²) in [5.41, 5.74) is 9.93. The third-order valence-electron chi connectivity index (χ3n) is 5.32. The Hall–Kier alpha value is -3.13. The predicted octanol–water partition coefficient (Wildman–Crippen LogP) is 6.25. The molecule has 2 heterocycles. The zero-order valence-corrected chi connectivity index (χ0v) is 15.9. The Kier molecular flexibility index (Phi) is 4.64. The molecule has 2 heteroatoms. The van der Waals surface area contributed by atoms with Crippen LogP contribution in [0.1, 0.15) is 41.4 Å². The number of hydrogen-bond donors (Lipinski definition) is 0. The molecule has 0 spiro atoms. The Bertz CT molecular complexity index is 1050. The van der Waals surface area contributed by atoms with E-state index in [-0.39, 0.29) is 0 Å². The van der Waals surface area contributed by atoms with Gasteiger partial charge in [-0.3, -0.25) is 4.98 Å². The summed E-state index contributed by atoms with van der Waals surface area (Å²) in [5, 5.41) is 0. The average molecular weight is 352 g/mol. The van der Waals surface area contributed by atoms with Crippen molar-refractivity contribution in [3.63, 3.8) is 0 Å². The molecule has 1 aliphatic carbocycles. The predicted molar refractivity (Wildman–Crippen MR) is 116 cm³/mol. The van der Waals surface area contributed by atoms with E-state index in [2.05, 4.69) is 84.7 Å². The van der Waals surface area contributed by atoms with Gasteiger partial charge in [-0.15, -0.1) is 0 Å². The summed E-state index contributed by atoms with van der Waals surface area (Å²) in [6.07, 6.45) is 12.6. The van der Waals surface area contributed by atoms with Crippen molar-refractivity contribution >= 4 is 23.8 Å². The molecule has 1 aliphatic rings. The molecule has 134 valence electrons. The van der Waals surface area contributed by atoms with Crippen LogP contribution in [0.4, 0.5) is 0 Å². The third-order valence-corrected chi connectivity index (χ3v) is 5.32. The van der Waals surface area contributed by atoms with Gasteiger partial charge in [0.2, 0.25) is 0 Å². The standard InChI is InChI=1S/C25H24N2/c1-4-9-24-21(5-2)22-16-19(12-13-25(22)27(24)3)20-14-15-26-23(17-20)18-10-7-6-8-11-18/h4-11,14-17H,2,12-13H2,1,3H3/b9-4-. The molecular formula is C25H24N2. The lowest BCUT2D eigenvalue weighted by Gasteiger charge is -2.16. The van der Waals surface area contributed by atoms with Crippen LogP contribution in [0.3, 0.4) is 0 Å². The monoisotopic (exact) mass is 352 g/mol. The van der Waals surface area contributed by atoms with Gasteiger partial charge in [0.15, 0.2) is 0 Å². The molecule has 0 unspecified atom stereocenters. The summed E-state index contributed by atoms with van der Waals surface area (Å²) >= 11 is 0. The molecule has 0 amide bonds. The smallest absolute Gasteiger partial charge is 0.0708 e. The molecule has 0 aliphatic heterocycles. The summed E-state index contributed by atoms with van der Waals surface area (Å²) in [5.74, 6) is 0. The Balaban J connectivity index is 1.80. The fraction of sp³-hybridized carbons (Fsp3) is 0.160. The van der Waals surface area contributed by atoms with Crippen LogP contribution in [0.5, 0.6) is 0 Å². The molecule has 0 atom stereocenters. The second-order valence-corrected chi connectivity index (χ2v) is 6.89. The minimum Gasteiger partial charge on any atom is -0.347 e. The molecule has 0 radical (unpaired) electrons. The van der Waals surface area contributed by atoms with Gasteiger partial charge in [0.1, 0.15) is 0 Å². The van der Waals surface area contributed by atoms with Gasteiger partial charge in [-0.1, -0.05) is 49.1 Å². The number of aromatic nitrogens is 2. The van der Waals surface area contributed by atoms with Gasteiger partial charge in [0.25, 0.3) is 0 Å². The van der Waals surface area contributed by atoms with E-state index in [0.717, 1.165) is 24.1 Å². The van der Waals surface area contributed by atoms with Crippen molar-refractivity contribution in [3.05, 3.63) is 89.4 Å². The average Bonchev–Trinajstić information content (AvgIpc) is 3.00. The SMILES string of the molecule is C=Cc1c2c(n(C)c1/C=C\C)CCC(c1ccnc(-c3ccccc3)c1)=C2. The fourth-order valence-corrected chi connectivity index (χ4v) is 3.96. The molecule has 0 saturated heterocycles. The minimum atomic E-state index is 1.02. The molecule has 0 fully saturated rings. The quantitative estimate of drug-likeness (QED) is 0.542. The molecule has 4 rings (SSSR count). The lowest BCUT2D eigenvalue weighted by Crippen LogP contribution is -2.04. The van der Waals surface area contributed by atoms with E-state index in [4.69, 9.17) is 0 Å². The van der Waals surface area contributed by atoms with Gasteiger partial charge in [-0.05, 0) is 55.2 Å². The van der Waals surface area contributed by atoms with E-state index in [1.54, 1.807) is 0 Å². The molecule has 2 nitrogen and oxygen atoms in total. The van der Waals surface area contributed by atoms with Crippen molar-refractivity contribution in [1.82, 2.24) is 9.55 Å². The van der Waals surface area contributed by atoms with Crippen LogP contribution in [-0.4, -0.2) is 9.55 Å².